The van der Waals surface area contributed by atoms with Crippen LogP contribution < -0.4 is 5.32 Å². The molecule has 0 amide bonds. The molecule has 1 heterocycles. The van der Waals surface area contributed by atoms with Gasteiger partial charge in [-0.25, -0.2) is 13.8 Å². The van der Waals surface area contributed by atoms with Gasteiger partial charge >= 0.3 is 0 Å². The molecule has 1 rings (SSSR count). The van der Waals surface area contributed by atoms with Gasteiger partial charge in [0.25, 0.3) is 6.43 Å². The number of alkyl halides is 2. The third kappa shape index (κ3) is 3.00. The van der Waals surface area contributed by atoms with Gasteiger partial charge in [-0.2, -0.15) is 0 Å². The lowest BCUT2D eigenvalue weighted by Gasteiger charge is -2.11. The molecule has 0 aliphatic carbocycles. The van der Waals surface area contributed by atoms with Crippen molar-refractivity contribution in [2.45, 2.75) is 26.3 Å². The van der Waals surface area contributed by atoms with Crippen LogP contribution in [0.25, 0.3) is 0 Å². The van der Waals surface area contributed by atoms with Crippen LogP contribution in [-0.2, 0) is 0 Å². The molecule has 1 N–H and O–H groups in total. The van der Waals surface area contributed by atoms with Crippen molar-refractivity contribution in [1.82, 2.24) is 10.3 Å². The molecule has 5 heteroatoms. The van der Waals surface area contributed by atoms with Gasteiger partial charge in [-0.15, -0.1) is 11.3 Å². The molecule has 1 atom stereocenters. The Balaban J connectivity index is 2.49. The van der Waals surface area contributed by atoms with Crippen molar-refractivity contribution < 1.29 is 8.78 Å². The zero-order valence-electron chi connectivity index (χ0n) is 7.55. The molecule has 1 aromatic rings. The highest BCUT2D eigenvalue weighted by atomic mass is 32.1. The molecule has 0 radical (unpaired) electrons. The SMILES string of the molecule is Cc1ncsc1C(C)NCC(F)F. The van der Waals surface area contributed by atoms with Crippen LogP contribution in [0.3, 0.4) is 0 Å². The lowest BCUT2D eigenvalue weighted by atomic mass is 10.2. The number of aryl methyl sites for hydroxylation is 1. The molecule has 2 nitrogen and oxygen atoms in total. The second-order valence-electron chi connectivity index (χ2n) is 2.82. The fourth-order valence-electron chi connectivity index (χ4n) is 1.09. The Bertz CT molecular complexity index is 262. The molecule has 0 saturated carbocycles. The van der Waals surface area contributed by atoms with Crippen molar-refractivity contribution in [2.24, 2.45) is 0 Å². The minimum atomic E-state index is -2.30. The van der Waals surface area contributed by atoms with Crippen LogP contribution in [0, 0.1) is 6.92 Å². The Morgan fingerprint density at radius 1 is 1.62 bits per heavy atom. The molecule has 74 valence electrons. The van der Waals surface area contributed by atoms with Gasteiger partial charge in [-0.1, -0.05) is 0 Å². The summed E-state index contributed by atoms with van der Waals surface area (Å²) in [7, 11) is 0. The number of nitrogens with zero attached hydrogens (tertiary/aromatic N) is 1. The van der Waals surface area contributed by atoms with E-state index in [-0.39, 0.29) is 12.6 Å². The van der Waals surface area contributed by atoms with Gasteiger partial charge < -0.3 is 5.32 Å². The van der Waals surface area contributed by atoms with Crippen molar-refractivity contribution in [3.63, 3.8) is 0 Å². The Hall–Kier alpha value is -0.550. The van der Waals surface area contributed by atoms with Gasteiger partial charge in [0.15, 0.2) is 0 Å². The van der Waals surface area contributed by atoms with Crippen LogP contribution in [0.1, 0.15) is 23.5 Å². The quantitative estimate of drug-likeness (QED) is 0.818. The zero-order valence-corrected chi connectivity index (χ0v) is 8.37. The molecule has 0 aliphatic rings. The first kappa shape index (κ1) is 10.5. The summed E-state index contributed by atoms with van der Waals surface area (Å²) >= 11 is 1.49. The van der Waals surface area contributed by atoms with Crippen molar-refractivity contribution >= 4 is 11.3 Å². The Labute approximate surface area is 80.0 Å². The predicted octanol–water partition coefficient (Wildman–Crippen LogP) is 2.37. The number of nitrogens with one attached hydrogen (secondary N) is 1. The number of hydrogen-bond donors (Lipinski definition) is 1. The van der Waals surface area contributed by atoms with E-state index in [2.05, 4.69) is 10.3 Å². The Kier molecular flexibility index (Phi) is 3.74. The molecular formula is C8H12F2N2S. The molecule has 0 fully saturated rings. The van der Waals surface area contributed by atoms with Gasteiger partial charge in [-0.3, -0.25) is 0 Å². The third-order valence-electron chi connectivity index (χ3n) is 1.75. The fraction of sp³-hybridized carbons (Fsp3) is 0.625. The predicted molar refractivity (Wildman–Crippen MR) is 49.3 cm³/mol. The monoisotopic (exact) mass is 206 g/mol. The number of hydrogen-bond acceptors (Lipinski definition) is 3. The minimum Gasteiger partial charge on any atom is -0.304 e. The van der Waals surface area contributed by atoms with Gasteiger partial charge in [0.1, 0.15) is 0 Å². The summed E-state index contributed by atoms with van der Waals surface area (Å²) in [6, 6.07) is -0.0403. The van der Waals surface area contributed by atoms with Crippen LogP contribution in [0.4, 0.5) is 8.78 Å². The van der Waals surface area contributed by atoms with E-state index in [0.717, 1.165) is 10.6 Å². The van der Waals surface area contributed by atoms with E-state index in [1.807, 2.05) is 13.8 Å². The van der Waals surface area contributed by atoms with E-state index in [9.17, 15) is 8.78 Å². The first-order valence-corrected chi connectivity index (χ1v) is 4.90. The summed E-state index contributed by atoms with van der Waals surface area (Å²) in [5, 5.41) is 2.75. The average Bonchev–Trinajstić information content (AvgIpc) is 2.47. The van der Waals surface area contributed by atoms with Crippen LogP contribution in [0.5, 0.6) is 0 Å². The van der Waals surface area contributed by atoms with E-state index in [1.165, 1.54) is 11.3 Å². The molecule has 0 bridgehead atoms. The zero-order chi connectivity index (χ0) is 9.84. The van der Waals surface area contributed by atoms with Crippen molar-refractivity contribution in [3.05, 3.63) is 16.1 Å². The summed E-state index contributed by atoms with van der Waals surface area (Å²) in [6.07, 6.45) is -2.30. The molecular weight excluding hydrogens is 194 g/mol. The summed E-state index contributed by atoms with van der Waals surface area (Å²) in [5.41, 5.74) is 2.64. The molecule has 0 saturated heterocycles. The van der Waals surface area contributed by atoms with Gasteiger partial charge in [0.05, 0.1) is 17.7 Å². The van der Waals surface area contributed by atoms with Crippen molar-refractivity contribution in [2.75, 3.05) is 6.54 Å². The Morgan fingerprint density at radius 3 is 2.77 bits per heavy atom. The van der Waals surface area contributed by atoms with Crippen LogP contribution in [-0.4, -0.2) is 18.0 Å². The topological polar surface area (TPSA) is 24.9 Å². The van der Waals surface area contributed by atoms with Gasteiger partial charge in [0, 0.05) is 10.9 Å². The van der Waals surface area contributed by atoms with Crippen LogP contribution >= 0.6 is 11.3 Å². The summed E-state index contributed by atoms with van der Waals surface area (Å²) in [6.45, 7) is 3.48. The van der Waals surface area contributed by atoms with E-state index in [1.54, 1.807) is 5.51 Å². The largest absolute Gasteiger partial charge is 0.304 e. The first-order chi connectivity index (χ1) is 6.11. The third-order valence-corrected chi connectivity index (χ3v) is 2.87. The maximum absolute atomic E-state index is 11.9. The lowest BCUT2D eigenvalue weighted by Crippen LogP contribution is -2.24. The van der Waals surface area contributed by atoms with Crippen molar-refractivity contribution in [1.29, 1.82) is 0 Å². The van der Waals surface area contributed by atoms with Crippen molar-refractivity contribution in [3.8, 4) is 0 Å². The van der Waals surface area contributed by atoms with Crippen LogP contribution in [0.15, 0.2) is 5.51 Å². The molecule has 1 unspecified atom stereocenters. The fourth-order valence-corrected chi connectivity index (χ4v) is 1.92. The molecule has 1 aromatic heterocycles. The highest BCUT2D eigenvalue weighted by Gasteiger charge is 2.12. The molecule has 0 aliphatic heterocycles. The smallest absolute Gasteiger partial charge is 0.250 e. The number of aromatic nitrogens is 1. The summed E-state index contributed by atoms with van der Waals surface area (Å²) in [4.78, 5) is 5.08. The maximum atomic E-state index is 11.9. The molecule has 13 heavy (non-hydrogen) atoms. The molecule has 0 aromatic carbocycles. The Morgan fingerprint density at radius 2 is 2.31 bits per heavy atom. The van der Waals surface area contributed by atoms with E-state index < -0.39 is 6.43 Å². The number of rotatable bonds is 4. The highest BCUT2D eigenvalue weighted by Crippen LogP contribution is 2.20. The standard InChI is InChI=1S/C8H12F2N2S/c1-5(11-3-7(9)10)8-6(2)12-4-13-8/h4-5,7,11H,3H2,1-2H3. The first-order valence-electron chi connectivity index (χ1n) is 4.02. The highest BCUT2D eigenvalue weighted by molar-refractivity contribution is 7.09. The number of thiazole rings is 1. The van der Waals surface area contributed by atoms with Gasteiger partial charge in [0.2, 0.25) is 0 Å². The van der Waals surface area contributed by atoms with E-state index >= 15 is 0 Å². The second kappa shape index (κ2) is 4.62. The number of halogens is 2. The minimum absolute atomic E-state index is 0.0403. The second-order valence-corrected chi connectivity index (χ2v) is 3.71. The molecule has 0 spiro atoms. The summed E-state index contributed by atoms with van der Waals surface area (Å²) < 4.78 is 23.7. The van der Waals surface area contributed by atoms with E-state index in [4.69, 9.17) is 0 Å². The van der Waals surface area contributed by atoms with Gasteiger partial charge in [-0.05, 0) is 13.8 Å². The van der Waals surface area contributed by atoms with Crippen LogP contribution in [0.2, 0.25) is 0 Å². The normalized spacial score (nSPS) is 13.6. The van der Waals surface area contributed by atoms with E-state index in [0.29, 0.717) is 0 Å². The average molecular weight is 206 g/mol. The maximum Gasteiger partial charge on any atom is 0.250 e. The lowest BCUT2D eigenvalue weighted by molar-refractivity contribution is 0.142. The summed E-state index contributed by atoms with van der Waals surface area (Å²) in [5.74, 6) is 0.